The van der Waals surface area contributed by atoms with Crippen LogP contribution in [0.1, 0.15) is 30.7 Å². The molecular weight excluding hydrogens is 256 g/mol. The van der Waals surface area contributed by atoms with Crippen LogP contribution in [0.4, 0.5) is 0 Å². The van der Waals surface area contributed by atoms with Crippen molar-refractivity contribution in [3.05, 3.63) is 36.3 Å². The second-order valence-corrected chi connectivity index (χ2v) is 5.24. The highest BCUT2D eigenvalue weighted by Crippen LogP contribution is 2.38. The zero-order chi connectivity index (χ0) is 13.7. The van der Waals surface area contributed by atoms with Gasteiger partial charge in [-0.05, 0) is 24.6 Å². The molecule has 0 saturated heterocycles. The lowest BCUT2D eigenvalue weighted by Gasteiger charge is -2.18. The summed E-state index contributed by atoms with van der Waals surface area (Å²) in [5, 5.41) is 1.85. The minimum atomic E-state index is -0.260. The first kappa shape index (κ1) is 11.5. The van der Waals surface area contributed by atoms with Crippen LogP contribution in [-0.2, 0) is 9.59 Å². The summed E-state index contributed by atoms with van der Waals surface area (Å²) >= 11 is 0. The van der Waals surface area contributed by atoms with Crippen LogP contribution >= 0.6 is 0 Å². The fourth-order valence-electron chi connectivity index (χ4n) is 3.03. The molecule has 0 spiro atoms. The maximum absolute atomic E-state index is 12.1. The van der Waals surface area contributed by atoms with Crippen molar-refractivity contribution in [3.63, 3.8) is 0 Å². The first-order valence-corrected chi connectivity index (χ1v) is 6.66. The van der Waals surface area contributed by atoms with E-state index < -0.39 is 0 Å². The second kappa shape index (κ2) is 4.07. The highest BCUT2D eigenvalue weighted by molar-refractivity contribution is 6.09. The lowest BCUT2D eigenvalue weighted by molar-refractivity contribution is -0.130. The minimum Gasteiger partial charge on any atom is -0.464 e. The summed E-state index contributed by atoms with van der Waals surface area (Å²) in [5.41, 5.74) is 2.31. The molecule has 0 aliphatic heterocycles. The summed E-state index contributed by atoms with van der Waals surface area (Å²) < 4.78 is 11.1. The van der Waals surface area contributed by atoms with Crippen molar-refractivity contribution in [3.8, 4) is 0 Å². The summed E-state index contributed by atoms with van der Waals surface area (Å²) in [6.45, 7) is 0. The molecule has 1 aliphatic carbocycles. The fraction of sp³-hybridized carbons (Fsp3) is 0.250. The maximum Gasteiger partial charge on any atom is 0.147 e. The zero-order valence-electron chi connectivity index (χ0n) is 10.7. The van der Waals surface area contributed by atoms with Gasteiger partial charge in [0.2, 0.25) is 0 Å². The maximum atomic E-state index is 12.1. The standard InChI is InChI=1S/C16H12O4/c17-10-2-3-11(13(18)7-10)12-8-20-14-4-1-9-5-6-19-16(9)15(12)14/h1,4-6,8,11H,2-3,7H2/t11-/m1/s1. The summed E-state index contributed by atoms with van der Waals surface area (Å²) in [5.74, 6) is -0.251. The van der Waals surface area contributed by atoms with E-state index >= 15 is 0 Å². The van der Waals surface area contributed by atoms with Crippen LogP contribution in [0.5, 0.6) is 0 Å². The Bertz CT molecular complexity index is 837. The van der Waals surface area contributed by atoms with E-state index in [1.54, 1.807) is 12.5 Å². The molecule has 4 nitrogen and oxygen atoms in total. The third kappa shape index (κ3) is 1.54. The summed E-state index contributed by atoms with van der Waals surface area (Å²) in [4.78, 5) is 23.5. The molecule has 3 aromatic rings. The molecule has 2 aromatic heterocycles. The van der Waals surface area contributed by atoms with Crippen LogP contribution in [0.25, 0.3) is 21.9 Å². The van der Waals surface area contributed by atoms with Crippen molar-refractivity contribution >= 4 is 33.5 Å². The van der Waals surface area contributed by atoms with Gasteiger partial charge in [-0.3, -0.25) is 9.59 Å². The molecule has 1 aromatic carbocycles. The van der Waals surface area contributed by atoms with Gasteiger partial charge in [0.05, 0.1) is 24.3 Å². The molecule has 0 unspecified atom stereocenters. The van der Waals surface area contributed by atoms with Crippen LogP contribution < -0.4 is 0 Å². The Morgan fingerprint density at radius 2 is 2.00 bits per heavy atom. The average molecular weight is 268 g/mol. The van der Waals surface area contributed by atoms with Gasteiger partial charge in [-0.1, -0.05) is 0 Å². The highest BCUT2D eigenvalue weighted by atomic mass is 16.3. The van der Waals surface area contributed by atoms with Crippen LogP contribution in [0.3, 0.4) is 0 Å². The third-order valence-electron chi connectivity index (χ3n) is 4.03. The van der Waals surface area contributed by atoms with E-state index in [1.807, 2.05) is 18.2 Å². The van der Waals surface area contributed by atoms with E-state index in [0.29, 0.717) is 18.4 Å². The van der Waals surface area contributed by atoms with E-state index in [-0.39, 0.29) is 23.9 Å². The lowest BCUT2D eigenvalue weighted by Crippen LogP contribution is -2.22. The Morgan fingerprint density at radius 1 is 1.10 bits per heavy atom. The highest BCUT2D eigenvalue weighted by Gasteiger charge is 2.31. The number of carbonyl (C=O) groups excluding carboxylic acids is 2. The van der Waals surface area contributed by atoms with Crippen molar-refractivity contribution in [2.45, 2.75) is 25.2 Å². The van der Waals surface area contributed by atoms with E-state index in [9.17, 15) is 9.59 Å². The number of Topliss-reactive ketones (excluding diaryl/α,β-unsaturated/α-hetero) is 2. The van der Waals surface area contributed by atoms with Crippen molar-refractivity contribution in [1.29, 1.82) is 0 Å². The number of ketones is 2. The Morgan fingerprint density at radius 3 is 2.85 bits per heavy atom. The molecule has 1 atom stereocenters. The number of furan rings is 2. The van der Waals surface area contributed by atoms with Crippen LogP contribution in [-0.4, -0.2) is 11.6 Å². The Labute approximate surface area is 114 Å². The Balaban J connectivity index is 1.93. The van der Waals surface area contributed by atoms with Crippen LogP contribution in [0.15, 0.2) is 39.6 Å². The topological polar surface area (TPSA) is 60.4 Å². The van der Waals surface area contributed by atoms with Gasteiger partial charge in [-0.15, -0.1) is 0 Å². The molecular formula is C16H12O4. The normalized spacial score (nSPS) is 20.1. The van der Waals surface area contributed by atoms with Crippen molar-refractivity contribution in [2.24, 2.45) is 0 Å². The van der Waals surface area contributed by atoms with Gasteiger partial charge in [0.15, 0.2) is 0 Å². The number of carbonyl (C=O) groups is 2. The molecule has 20 heavy (non-hydrogen) atoms. The number of rotatable bonds is 1. The van der Waals surface area contributed by atoms with Gasteiger partial charge in [0.25, 0.3) is 0 Å². The number of hydrogen-bond donors (Lipinski definition) is 0. The smallest absolute Gasteiger partial charge is 0.147 e. The first-order valence-electron chi connectivity index (χ1n) is 6.66. The Hall–Kier alpha value is -2.36. The molecule has 0 N–H and O–H groups in total. The largest absolute Gasteiger partial charge is 0.464 e. The molecule has 0 radical (unpaired) electrons. The van der Waals surface area contributed by atoms with Gasteiger partial charge in [0.1, 0.15) is 22.7 Å². The van der Waals surface area contributed by atoms with Crippen LogP contribution in [0, 0.1) is 0 Å². The molecule has 1 saturated carbocycles. The van der Waals surface area contributed by atoms with Gasteiger partial charge < -0.3 is 8.83 Å². The number of fused-ring (bicyclic) bond motifs is 3. The van der Waals surface area contributed by atoms with Gasteiger partial charge in [-0.2, -0.15) is 0 Å². The van der Waals surface area contributed by atoms with E-state index in [0.717, 1.165) is 21.9 Å². The molecule has 4 rings (SSSR count). The second-order valence-electron chi connectivity index (χ2n) is 5.24. The SMILES string of the molecule is O=C1CC[C@H](c2coc3ccc4ccoc4c23)C(=O)C1. The van der Waals surface area contributed by atoms with Crippen LogP contribution in [0.2, 0.25) is 0 Å². The summed E-state index contributed by atoms with van der Waals surface area (Å²) in [6.07, 6.45) is 4.31. The molecule has 1 fully saturated rings. The van der Waals surface area contributed by atoms with Crippen molar-refractivity contribution < 1.29 is 18.4 Å². The monoisotopic (exact) mass is 268 g/mol. The molecule has 0 amide bonds. The van der Waals surface area contributed by atoms with Crippen molar-refractivity contribution in [1.82, 2.24) is 0 Å². The average Bonchev–Trinajstić information content (AvgIpc) is 3.03. The third-order valence-corrected chi connectivity index (χ3v) is 4.03. The van der Waals surface area contributed by atoms with E-state index in [2.05, 4.69) is 0 Å². The molecule has 1 aliphatic rings. The molecule has 100 valence electrons. The van der Waals surface area contributed by atoms with Gasteiger partial charge in [0, 0.05) is 23.3 Å². The molecule has 0 bridgehead atoms. The predicted molar refractivity (Wildman–Crippen MR) is 72.6 cm³/mol. The number of hydrogen-bond acceptors (Lipinski definition) is 4. The summed E-state index contributed by atoms with van der Waals surface area (Å²) in [6, 6.07) is 5.70. The molecule has 2 heterocycles. The number of benzene rings is 1. The van der Waals surface area contributed by atoms with E-state index in [4.69, 9.17) is 8.83 Å². The fourth-order valence-corrected chi connectivity index (χ4v) is 3.03. The predicted octanol–water partition coefficient (Wildman–Crippen LogP) is 3.58. The summed E-state index contributed by atoms with van der Waals surface area (Å²) in [7, 11) is 0. The quantitative estimate of drug-likeness (QED) is 0.633. The van der Waals surface area contributed by atoms with Crippen molar-refractivity contribution in [2.75, 3.05) is 0 Å². The minimum absolute atomic E-state index is 0.0208. The first-order chi connectivity index (χ1) is 9.74. The molecule has 4 heteroatoms. The Kier molecular flexibility index (Phi) is 2.33. The van der Waals surface area contributed by atoms with Gasteiger partial charge >= 0.3 is 0 Å². The lowest BCUT2D eigenvalue weighted by atomic mass is 9.82. The van der Waals surface area contributed by atoms with Gasteiger partial charge in [-0.25, -0.2) is 0 Å². The van der Waals surface area contributed by atoms with E-state index in [1.165, 1.54) is 0 Å². The zero-order valence-corrected chi connectivity index (χ0v) is 10.7.